The normalized spacial score (nSPS) is 12.3. The molecule has 2 aromatic rings. The highest BCUT2D eigenvalue weighted by atomic mass is 32.2. The first-order valence-corrected chi connectivity index (χ1v) is 8.79. The van der Waals surface area contributed by atoms with Crippen LogP contribution in [0.15, 0.2) is 34.1 Å². The summed E-state index contributed by atoms with van der Waals surface area (Å²) in [7, 11) is -9.56. The lowest BCUT2D eigenvalue weighted by Gasteiger charge is -2.11. The predicted molar refractivity (Wildman–Crippen MR) is 78.0 cm³/mol. The van der Waals surface area contributed by atoms with Gasteiger partial charge in [0.25, 0.3) is 20.2 Å². The number of rotatable bonds is 3. The Morgan fingerprint density at radius 2 is 1.65 bits per heavy atom. The highest BCUT2D eigenvalue weighted by Gasteiger charge is 2.23. The molecule has 0 unspecified atom stereocenters. The number of anilines is 1. The molecule has 0 heterocycles. The molecule has 23 heavy (non-hydrogen) atoms. The Balaban J connectivity index is 3.02. The third-order valence-corrected chi connectivity index (χ3v) is 4.64. The van der Waals surface area contributed by atoms with Crippen molar-refractivity contribution in [3.05, 3.63) is 24.3 Å². The van der Waals surface area contributed by atoms with Crippen LogP contribution in [-0.2, 0) is 30.1 Å². The Hall–Kier alpha value is -2.21. The summed E-state index contributed by atoms with van der Waals surface area (Å²) in [6, 6.07) is 3.29. The molecule has 0 saturated heterocycles. The molecule has 0 atom stereocenters. The van der Waals surface area contributed by atoms with Crippen LogP contribution in [0.5, 0.6) is 5.75 Å². The van der Waals surface area contributed by atoms with Gasteiger partial charge in [0.05, 0.1) is 16.0 Å². The third-order valence-electron chi connectivity index (χ3n) is 2.90. The summed E-state index contributed by atoms with van der Waals surface area (Å²) in [5.41, 5.74) is -0.0632. The number of nitrogens with one attached hydrogen (secondary N) is 1. The van der Waals surface area contributed by atoms with E-state index < -0.39 is 47.1 Å². The lowest BCUT2D eigenvalue weighted by Crippen LogP contribution is -2.08. The minimum atomic E-state index is -4.78. The van der Waals surface area contributed by atoms with Gasteiger partial charge in [-0.05, 0) is 18.2 Å². The van der Waals surface area contributed by atoms with E-state index in [4.69, 9.17) is 4.55 Å². The van der Waals surface area contributed by atoms with Crippen LogP contribution in [-0.4, -0.2) is 31.8 Å². The Kier molecular flexibility index (Phi) is 4.07. The molecular formula is C12H10NO8S2. The molecule has 9 nitrogen and oxygen atoms in total. The second-order valence-corrected chi connectivity index (χ2v) is 7.40. The molecule has 0 aliphatic carbocycles. The van der Waals surface area contributed by atoms with Crippen molar-refractivity contribution >= 4 is 42.6 Å². The summed E-state index contributed by atoms with van der Waals surface area (Å²) in [5, 5.41) is 13.7. The van der Waals surface area contributed by atoms with Gasteiger partial charge in [0.1, 0.15) is 4.90 Å². The van der Waals surface area contributed by atoms with Gasteiger partial charge in [-0.2, -0.15) is 16.8 Å². The van der Waals surface area contributed by atoms with Crippen LogP contribution in [0.2, 0.25) is 0 Å². The predicted octanol–water partition coefficient (Wildman–Crippen LogP) is 1.44. The lowest BCUT2D eigenvalue weighted by molar-refractivity contribution is -0.114. The van der Waals surface area contributed by atoms with E-state index in [1.165, 1.54) is 0 Å². The molecule has 0 aliphatic heterocycles. The monoisotopic (exact) mass is 360 g/mol. The van der Waals surface area contributed by atoms with E-state index in [9.17, 15) is 31.3 Å². The zero-order valence-electron chi connectivity index (χ0n) is 11.5. The minimum Gasteiger partial charge on any atom is -0.326 e. The Morgan fingerprint density at radius 3 is 2.13 bits per heavy atom. The molecule has 2 aromatic carbocycles. The number of hydrogen-bond acceptors (Lipinski definition) is 5. The van der Waals surface area contributed by atoms with E-state index in [0.29, 0.717) is 6.07 Å². The van der Waals surface area contributed by atoms with Crippen LogP contribution in [0.25, 0.3) is 10.8 Å². The average Bonchev–Trinajstić information content (AvgIpc) is 2.34. The molecule has 11 heteroatoms. The van der Waals surface area contributed by atoms with Crippen LogP contribution in [0.3, 0.4) is 0 Å². The molecular weight excluding hydrogens is 350 g/mol. The molecule has 123 valence electrons. The molecule has 0 fully saturated rings. The second kappa shape index (κ2) is 5.45. The van der Waals surface area contributed by atoms with Crippen molar-refractivity contribution in [3.8, 4) is 5.75 Å². The van der Waals surface area contributed by atoms with Gasteiger partial charge in [-0.15, -0.1) is 0 Å². The van der Waals surface area contributed by atoms with E-state index >= 15 is 0 Å². The number of fused-ring (bicyclic) bond motifs is 1. The molecule has 3 N–H and O–H groups in total. The number of benzene rings is 2. The zero-order chi connectivity index (χ0) is 17.6. The summed E-state index contributed by atoms with van der Waals surface area (Å²) < 4.78 is 63.4. The van der Waals surface area contributed by atoms with Crippen LogP contribution >= 0.6 is 0 Å². The first-order chi connectivity index (χ1) is 10.4. The van der Waals surface area contributed by atoms with Crippen molar-refractivity contribution in [1.82, 2.24) is 0 Å². The number of carbonyl (C=O) groups is 1. The van der Waals surface area contributed by atoms with Gasteiger partial charge in [-0.3, -0.25) is 19.0 Å². The minimum absolute atomic E-state index is 0.0632. The first-order valence-electron chi connectivity index (χ1n) is 5.91. The first kappa shape index (κ1) is 17.1. The van der Waals surface area contributed by atoms with Crippen LogP contribution < -0.4 is 5.32 Å². The summed E-state index contributed by atoms with van der Waals surface area (Å²) >= 11 is 0. The smallest absolute Gasteiger partial charge is 0.295 e. The van der Waals surface area contributed by atoms with E-state index in [1.807, 2.05) is 0 Å². The fourth-order valence-corrected chi connectivity index (χ4v) is 3.26. The van der Waals surface area contributed by atoms with Crippen molar-refractivity contribution in [1.29, 1.82) is 0 Å². The van der Waals surface area contributed by atoms with Crippen molar-refractivity contribution in [3.63, 3.8) is 0 Å². The van der Waals surface area contributed by atoms with Crippen molar-refractivity contribution < 1.29 is 35.8 Å². The SMILES string of the molecule is CC(=O)Nc1ccc(S(=O)(=O)O)c2cc(S(=O)(=O)O)cc([O])c12. The largest absolute Gasteiger partial charge is 0.326 e. The average molecular weight is 360 g/mol. The zero-order valence-corrected chi connectivity index (χ0v) is 13.1. The van der Waals surface area contributed by atoms with Gasteiger partial charge in [-0.1, -0.05) is 0 Å². The van der Waals surface area contributed by atoms with E-state index in [1.54, 1.807) is 0 Å². The maximum atomic E-state index is 12.1. The van der Waals surface area contributed by atoms with Gasteiger partial charge >= 0.3 is 0 Å². The standard InChI is InChI=1S/C12H10NO8S2/c1-6(14)13-9-2-3-11(23(19,20)21)8-4-7(22(16,17)18)5-10(15)12(8)9/h2-5H,1H3,(H,13,14)(H,16,17,18)(H,19,20,21). The van der Waals surface area contributed by atoms with Crippen molar-refractivity contribution in [2.45, 2.75) is 16.7 Å². The summed E-state index contributed by atoms with van der Waals surface area (Å²) in [6.07, 6.45) is 0. The van der Waals surface area contributed by atoms with Gasteiger partial charge in [0.2, 0.25) is 5.91 Å². The topological polar surface area (TPSA) is 158 Å². The molecule has 0 aliphatic rings. The van der Waals surface area contributed by atoms with E-state index in [2.05, 4.69) is 5.32 Å². The van der Waals surface area contributed by atoms with Gasteiger partial charge in [0, 0.05) is 18.4 Å². The second-order valence-electron chi connectivity index (χ2n) is 4.59. The van der Waals surface area contributed by atoms with Crippen LogP contribution in [0.1, 0.15) is 6.92 Å². The number of carbonyl (C=O) groups excluding carboxylic acids is 1. The highest BCUT2D eigenvalue weighted by Crippen LogP contribution is 2.38. The Labute approximate surface area is 131 Å². The van der Waals surface area contributed by atoms with E-state index in [-0.39, 0.29) is 11.1 Å². The van der Waals surface area contributed by atoms with Crippen LogP contribution in [0, 0.1) is 0 Å². The fraction of sp³-hybridized carbons (Fsp3) is 0.0833. The number of amides is 1. The maximum absolute atomic E-state index is 12.1. The van der Waals surface area contributed by atoms with E-state index in [0.717, 1.165) is 25.1 Å². The summed E-state index contributed by atoms with van der Waals surface area (Å²) in [4.78, 5) is 9.59. The van der Waals surface area contributed by atoms with Crippen molar-refractivity contribution in [2.75, 3.05) is 5.32 Å². The van der Waals surface area contributed by atoms with Gasteiger partial charge < -0.3 is 5.32 Å². The van der Waals surface area contributed by atoms with Crippen LogP contribution in [0.4, 0.5) is 5.69 Å². The molecule has 0 bridgehead atoms. The summed E-state index contributed by atoms with van der Waals surface area (Å²) in [5.74, 6) is -1.51. The molecule has 0 aromatic heterocycles. The van der Waals surface area contributed by atoms with Crippen molar-refractivity contribution in [2.24, 2.45) is 0 Å². The van der Waals surface area contributed by atoms with Gasteiger partial charge in [-0.25, -0.2) is 0 Å². The Bertz CT molecular complexity index is 1020. The molecule has 1 amide bonds. The third kappa shape index (κ3) is 3.42. The lowest BCUT2D eigenvalue weighted by atomic mass is 10.1. The molecule has 0 saturated carbocycles. The maximum Gasteiger partial charge on any atom is 0.295 e. The fourth-order valence-electron chi connectivity index (χ4n) is 2.06. The molecule has 2 rings (SSSR count). The van der Waals surface area contributed by atoms with Gasteiger partial charge in [0.15, 0.2) is 5.75 Å². The molecule has 1 radical (unpaired) electrons. The molecule has 0 spiro atoms. The Morgan fingerprint density at radius 1 is 1.04 bits per heavy atom. The number of hydrogen-bond donors (Lipinski definition) is 3. The summed E-state index contributed by atoms with van der Waals surface area (Å²) in [6.45, 7) is 1.15. The highest BCUT2D eigenvalue weighted by molar-refractivity contribution is 7.86. The quantitative estimate of drug-likeness (QED) is 0.698.